The summed E-state index contributed by atoms with van der Waals surface area (Å²) in [6, 6.07) is -0.540. The molecular weight excluding hydrogens is 494 g/mol. The maximum Gasteiger partial charge on any atom is 0.501 e. The van der Waals surface area contributed by atoms with Gasteiger partial charge in [-0.1, -0.05) is 0 Å². The van der Waals surface area contributed by atoms with Gasteiger partial charge in [-0.3, -0.25) is 9.36 Å². The maximum absolute atomic E-state index is 13.5. The molecule has 2 aromatic heterocycles. The Morgan fingerprint density at radius 2 is 1.97 bits per heavy atom. The number of aliphatic hydroxyl groups excluding tert-OH is 1. The molecule has 0 aromatic carbocycles. The summed E-state index contributed by atoms with van der Waals surface area (Å²) in [6.45, 7) is 2.19. The molecule has 0 radical (unpaired) electrons. The molecule has 1 atom stereocenters. The summed E-state index contributed by atoms with van der Waals surface area (Å²) in [5, 5.41) is 17.8. The molecule has 1 unspecified atom stereocenters. The SMILES string of the molecule is Cn1cc(CN2C(=O)C3C=C(S(=O)(=O)NC4(C)CC4)SC3=[N+](Cc3cnn(CCO)c3)C2=O)cn1. The molecule has 4 heterocycles. The molecule has 1 aliphatic carbocycles. The smallest absolute Gasteiger partial charge is 0.394 e. The topological polar surface area (TPSA) is 142 Å². The lowest BCUT2D eigenvalue weighted by Gasteiger charge is -2.23. The van der Waals surface area contributed by atoms with Gasteiger partial charge >= 0.3 is 11.9 Å². The van der Waals surface area contributed by atoms with Gasteiger partial charge in [-0.25, -0.2) is 17.9 Å². The fourth-order valence-electron chi connectivity index (χ4n) is 4.04. The molecule has 35 heavy (non-hydrogen) atoms. The van der Waals surface area contributed by atoms with E-state index in [0.717, 1.165) is 29.5 Å². The minimum Gasteiger partial charge on any atom is -0.394 e. The summed E-state index contributed by atoms with van der Waals surface area (Å²) in [7, 11) is -2.10. The van der Waals surface area contributed by atoms with Gasteiger partial charge in [-0.2, -0.15) is 24.5 Å². The van der Waals surface area contributed by atoms with Crippen LogP contribution < -0.4 is 4.72 Å². The second kappa shape index (κ2) is 8.69. The zero-order chi connectivity index (χ0) is 25.0. The number of hydrogen-bond donors (Lipinski definition) is 2. The van der Waals surface area contributed by atoms with Crippen LogP contribution in [0.5, 0.6) is 0 Å². The minimum absolute atomic E-state index is 0.0203. The number of carbonyl (C=O) groups excluding carboxylic acids is 2. The number of carbonyl (C=O) groups is 2. The minimum atomic E-state index is -3.84. The zero-order valence-electron chi connectivity index (χ0n) is 19.3. The van der Waals surface area contributed by atoms with Crippen LogP contribution in [0.4, 0.5) is 4.79 Å². The second-order valence-electron chi connectivity index (χ2n) is 9.22. The fourth-order valence-corrected chi connectivity index (χ4v) is 7.09. The Balaban J connectivity index is 1.50. The predicted molar refractivity (Wildman–Crippen MR) is 126 cm³/mol. The zero-order valence-corrected chi connectivity index (χ0v) is 20.9. The number of aromatic nitrogens is 4. The lowest BCUT2D eigenvalue weighted by Crippen LogP contribution is -2.52. The van der Waals surface area contributed by atoms with Gasteiger partial charge in [0.25, 0.3) is 0 Å². The van der Waals surface area contributed by atoms with E-state index in [1.807, 2.05) is 6.92 Å². The van der Waals surface area contributed by atoms with E-state index in [1.165, 1.54) is 10.7 Å². The largest absolute Gasteiger partial charge is 0.501 e. The van der Waals surface area contributed by atoms with Gasteiger partial charge in [0, 0.05) is 36.1 Å². The van der Waals surface area contributed by atoms with Crippen molar-refractivity contribution >= 4 is 38.8 Å². The maximum atomic E-state index is 13.5. The Kier molecular flexibility index (Phi) is 5.94. The molecule has 1 saturated carbocycles. The molecule has 2 aromatic rings. The third kappa shape index (κ3) is 4.70. The molecule has 1 fully saturated rings. The van der Waals surface area contributed by atoms with Gasteiger partial charge < -0.3 is 5.11 Å². The highest BCUT2D eigenvalue weighted by molar-refractivity contribution is 8.27. The molecule has 2 N–H and O–H groups in total. The van der Waals surface area contributed by atoms with Crippen molar-refractivity contribution in [3.63, 3.8) is 0 Å². The molecular formula is C21H26N7O5S2+. The van der Waals surface area contributed by atoms with Crippen molar-refractivity contribution in [3.8, 4) is 0 Å². The van der Waals surface area contributed by atoms with Gasteiger partial charge in [0.2, 0.25) is 10.0 Å². The number of nitrogens with one attached hydrogen (secondary N) is 1. The first kappa shape index (κ1) is 23.9. The van der Waals surface area contributed by atoms with Crippen LogP contribution in [0.2, 0.25) is 0 Å². The first-order chi connectivity index (χ1) is 16.6. The van der Waals surface area contributed by atoms with Crippen molar-refractivity contribution in [1.29, 1.82) is 0 Å². The van der Waals surface area contributed by atoms with Crippen molar-refractivity contribution in [2.45, 2.75) is 44.9 Å². The van der Waals surface area contributed by atoms with Crippen molar-refractivity contribution in [2.24, 2.45) is 13.0 Å². The summed E-state index contributed by atoms with van der Waals surface area (Å²) in [4.78, 5) is 28.1. The van der Waals surface area contributed by atoms with Crippen LogP contribution >= 0.6 is 11.8 Å². The predicted octanol–water partition coefficient (Wildman–Crippen LogP) is 0.359. The Bertz CT molecular complexity index is 1370. The summed E-state index contributed by atoms with van der Waals surface area (Å²) >= 11 is 0.936. The van der Waals surface area contributed by atoms with Gasteiger partial charge in [-0.15, -0.1) is 0 Å². The highest BCUT2D eigenvalue weighted by atomic mass is 32.3. The molecule has 14 heteroatoms. The first-order valence-corrected chi connectivity index (χ1v) is 13.4. The number of sulfonamides is 1. The van der Waals surface area contributed by atoms with E-state index < -0.39 is 33.4 Å². The number of amides is 3. The molecule has 2 aliphatic heterocycles. The van der Waals surface area contributed by atoms with Crippen molar-refractivity contribution in [1.82, 2.24) is 29.2 Å². The van der Waals surface area contributed by atoms with E-state index in [1.54, 1.807) is 41.2 Å². The number of urea groups is 1. The van der Waals surface area contributed by atoms with Crippen LogP contribution in [0.3, 0.4) is 0 Å². The molecule has 5 rings (SSSR count). The van der Waals surface area contributed by atoms with Crippen molar-refractivity contribution < 1.29 is 27.7 Å². The first-order valence-electron chi connectivity index (χ1n) is 11.1. The van der Waals surface area contributed by atoms with E-state index in [0.29, 0.717) is 22.7 Å². The van der Waals surface area contributed by atoms with E-state index in [9.17, 15) is 18.0 Å². The van der Waals surface area contributed by atoms with E-state index in [2.05, 4.69) is 14.9 Å². The third-order valence-corrected chi connectivity index (χ3v) is 9.49. The highest BCUT2D eigenvalue weighted by Crippen LogP contribution is 2.42. The second-order valence-corrected chi connectivity index (χ2v) is 12.2. The average molecular weight is 521 g/mol. The van der Waals surface area contributed by atoms with Gasteiger partial charge in [-0.05, 0) is 37.6 Å². The number of rotatable bonds is 9. The van der Waals surface area contributed by atoms with E-state index in [-0.39, 0.29) is 23.9 Å². The quantitative estimate of drug-likeness (QED) is 0.451. The lowest BCUT2D eigenvalue weighted by molar-refractivity contribution is -0.454. The van der Waals surface area contributed by atoms with Crippen LogP contribution in [0.25, 0.3) is 0 Å². The van der Waals surface area contributed by atoms with Crippen molar-refractivity contribution in [3.05, 3.63) is 46.2 Å². The van der Waals surface area contributed by atoms with Crippen LogP contribution in [-0.2, 0) is 41.5 Å². The monoisotopic (exact) mass is 520 g/mol. The van der Waals surface area contributed by atoms with Crippen LogP contribution in [0, 0.1) is 5.92 Å². The Labute approximate surface area is 206 Å². The number of imide groups is 1. The number of aryl methyl sites for hydroxylation is 1. The van der Waals surface area contributed by atoms with Gasteiger partial charge in [0.05, 0.1) is 25.5 Å². The molecule has 3 amide bonds. The molecule has 12 nitrogen and oxygen atoms in total. The Hall–Kier alpha value is -2.81. The molecule has 0 saturated heterocycles. The average Bonchev–Trinajstić information content (AvgIpc) is 3.21. The molecule has 0 spiro atoms. The Morgan fingerprint density at radius 3 is 2.63 bits per heavy atom. The number of aliphatic hydroxyl groups is 1. The van der Waals surface area contributed by atoms with E-state index >= 15 is 0 Å². The summed E-state index contributed by atoms with van der Waals surface area (Å²) in [5.74, 6) is -1.36. The fraction of sp³-hybridized carbons (Fsp3) is 0.476. The van der Waals surface area contributed by atoms with Crippen LogP contribution in [0.1, 0.15) is 30.9 Å². The molecule has 0 bridgehead atoms. The third-order valence-electron chi connectivity index (χ3n) is 6.14. The summed E-state index contributed by atoms with van der Waals surface area (Å²) < 4.78 is 33.4. The lowest BCUT2D eigenvalue weighted by atomic mass is 10.1. The van der Waals surface area contributed by atoms with Crippen LogP contribution in [-0.4, -0.2) is 71.7 Å². The number of fused-ring (bicyclic) bond motifs is 1. The highest BCUT2D eigenvalue weighted by Gasteiger charge is 2.53. The Morgan fingerprint density at radius 1 is 1.23 bits per heavy atom. The molecule has 3 aliphatic rings. The molecule has 186 valence electrons. The van der Waals surface area contributed by atoms with Gasteiger partial charge in [0.15, 0.2) is 5.04 Å². The number of nitrogens with zero attached hydrogens (tertiary/aromatic N) is 6. The van der Waals surface area contributed by atoms with Crippen LogP contribution in [0.15, 0.2) is 35.1 Å². The number of hydrogen-bond acceptors (Lipinski definition) is 8. The van der Waals surface area contributed by atoms with Crippen molar-refractivity contribution in [2.75, 3.05) is 6.61 Å². The summed E-state index contributed by atoms with van der Waals surface area (Å²) in [5.41, 5.74) is 0.902. The van der Waals surface area contributed by atoms with Gasteiger partial charge in [0.1, 0.15) is 23.2 Å². The normalized spacial score (nSPS) is 21.5. The standard InChI is InChI=1S/C21H26N7O5S2/c1-21(3-4-21)24-35(32,33)17-7-16-18(30)27(12-14-8-22-25(2)10-14)20(31)28(19(16)34-17)13-15-9-23-26(11-15)5-6-29/h7-11,16,24,29H,3-6,12-13H2,1-2H3/q+1. The summed E-state index contributed by atoms with van der Waals surface area (Å²) in [6.07, 6.45) is 9.54. The van der Waals surface area contributed by atoms with E-state index in [4.69, 9.17) is 5.11 Å². The number of thioether (sulfide) groups is 1.